The summed E-state index contributed by atoms with van der Waals surface area (Å²) in [5.41, 5.74) is 9.57. The van der Waals surface area contributed by atoms with E-state index in [4.69, 9.17) is 5.73 Å². The minimum atomic E-state index is -0.908. The topological polar surface area (TPSA) is 126 Å². The second kappa shape index (κ2) is 6.43. The van der Waals surface area contributed by atoms with Gasteiger partial charge in [0.05, 0.1) is 23.7 Å². The van der Waals surface area contributed by atoms with Gasteiger partial charge in [-0.2, -0.15) is 5.10 Å². The molecule has 3 aromatic heterocycles. The van der Waals surface area contributed by atoms with Crippen molar-refractivity contribution in [3.05, 3.63) is 60.8 Å². The molecule has 0 unspecified atom stereocenters. The van der Waals surface area contributed by atoms with E-state index < -0.39 is 12.2 Å². The maximum absolute atomic E-state index is 10.8. The molecule has 3 heterocycles. The summed E-state index contributed by atoms with van der Waals surface area (Å²) in [6.07, 6.45) is 5.66. The lowest BCUT2D eigenvalue weighted by molar-refractivity contribution is 0.0179. The second-order valence-electron chi connectivity index (χ2n) is 7.22. The number of benzene rings is 1. The first-order chi connectivity index (χ1) is 13.6. The highest BCUT2D eigenvalue weighted by molar-refractivity contribution is 5.86. The molecule has 0 radical (unpaired) electrons. The summed E-state index contributed by atoms with van der Waals surface area (Å²) in [7, 11) is 0. The van der Waals surface area contributed by atoms with E-state index in [0.717, 1.165) is 22.1 Å². The van der Waals surface area contributed by atoms with E-state index in [2.05, 4.69) is 20.2 Å². The van der Waals surface area contributed by atoms with Crippen LogP contribution >= 0.6 is 0 Å². The van der Waals surface area contributed by atoms with Crippen molar-refractivity contribution < 1.29 is 10.2 Å². The molecule has 1 fully saturated rings. The highest BCUT2D eigenvalue weighted by Crippen LogP contribution is 2.43. The number of aromatic nitrogens is 5. The number of nitrogen functional groups attached to an aromatic ring is 1. The van der Waals surface area contributed by atoms with Crippen LogP contribution in [0.5, 0.6) is 0 Å². The van der Waals surface area contributed by atoms with E-state index in [1.54, 1.807) is 6.20 Å². The van der Waals surface area contributed by atoms with Crippen molar-refractivity contribution >= 4 is 16.9 Å². The van der Waals surface area contributed by atoms with Gasteiger partial charge in [-0.3, -0.25) is 5.10 Å². The fourth-order valence-corrected chi connectivity index (χ4v) is 4.23. The molecule has 4 atom stereocenters. The molecule has 0 bridgehead atoms. The molecule has 0 aliphatic heterocycles. The van der Waals surface area contributed by atoms with Crippen LogP contribution in [0.2, 0.25) is 0 Å². The van der Waals surface area contributed by atoms with Crippen molar-refractivity contribution in [2.24, 2.45) is 0 Å². The van der Waals surface area contributed by atoms with Gasteiger partial charge in [0, 0.05) is 23.9 Å². The molecular formula is C20H20N6O2. The Morgan fingerprint density at radius 1 is 1.11 bits per heavy atom. The zero-order valence-electron chi connectivity index (χ0n) is 15.0. The minimum absolute atomic E-state index is 0.191. The van der Waals surface area contributed by atoms with Crippen molar-refractivity contribution in [1.82, 2.24) is 24.7 Å². The number of nitrogens with one attached hydrogen (secondary N) is 1. The molecule has 1 aromatic carbocycles. The first-order valence-corrected chi connectivity index (χ1v) is 9.16. The van der Waals surface area contributed by atoms with Crippen LogP contribution in [0.3, 0.4) is 0 Å². The highest BCUT2D eigenvalue weighted by Gasteiger charge is 2.43. The van der Waals surface area contributed by atoms with Crippen molar-refractivity contribution in [2.45, 2.75) is 30.6 Å². The molecule has 142 valence electrons. The average Bonchev–Trinajstić information content (AvgIpc) is 3.44. The van der Waals surface area contributed by atoms with E-state index in [9.17, 15) is 10.2 Å². The number of aromatic amines is 1. The quantitative estimate of drug-likeness (QED) is 0.432. The lowest BCUT2D eigenvalue weighted by atomic mass is 9.93. The first kappa shape index (κ1) is 16.9. The van der Waals surface area contributed by atoms with Crippen molar-refractivity contribution in [3.63, 3.8) is 0 Å². The number of nitrogens with two attached hydrogens (primary N) is 1. The molecular weight excluding hydrogens is 356 g/mol. The SMILES string of the molecule is Nc1ncnc2c1ccn2[C@@H]1C[C@H](c2cccc(-c3cn[nH]c3)c2)[C@@H](O)[C@H]1O. The van der Waals surface area contributed by atoms with E-state index in [0.29, 0.717) is 17.9 Å². The van der Waals surface area contributed by atoms with Crippen molar-refractivity contribution in [1.29, 1.82) is 0 Å². The van der Waals surface area contributed by atoms with Crippen LogP contribution in [0.4, 0.5) is 5.82 Å². The fourth-order valence-electron chi connectivity index (χ4n) is 4.23. The van der Waals surface area contributed by atoms with Crippen LogP contribution in [-0.4, -0.2) is 47.2 Å². The van der Waals surface area contributed by atoms with Crippen molar-refractivity contribution in [2.75, 3.05) is 5.73 Å². The van der Waals surface area contributed by atoms with Gasteiger partial charge >= 0.3 is 0 Å². The summed E-state index contributed by atoms with van der Waals surface area (Å²) in [5, 5.41) is 29.1. The van der Waals surface area contributed by atoms with Gasteiger partial charge in [0.2, 0.25) is 0 Å². The van der Waals surface area contributed by atoms with Gasteiger partial charge in [-0.25, -0.2) is 9.97 Å². The predicted molar refractivity (Wildman–Crippen MR) is 104 cm³/mol. The molecule has 0 saturated heterocycles. The number of fused-ring (bicyclic) bond motifs is 1. The Morgan fingerprint density at radius 2 is 2.00 bits per heavy atom. The third-order valence-corrected chi connectivity index (χ3v) is 5.70. The number of nitrogens with zero attached hydrogens (tertiary/aromatic N) is 4. The van der Waals surface area contributed by atoms with Crippen LogP contribution in [0, 0.1) is 0 Å². The summed E-state index contributed by atoms with van der Waals surface area (Å²) in [5.74, 6) is 0.213. The largest absolute Gasteiger partial charge is 0.390 e. The fraction of sp³-hybridized carbons (Fsp3) is 0.250. The number of anilines is 1. The molecule has 5 rings (SSSR count). The summed E-state index contributed by atoms with van der Waals surface area (Å²) in [4.78, 5) is 8.33. The Labute approximate surface area is 160 Å². The molecule has 8 nitrogen and oxygen atoms in total. The zero-order chi connectivity index (χ0) is 19.3. The maximum atomic E-state index is 10.8. The average molecular weight is 376 g/mol. The van der Waals surface area contributed by atoms with Gasteiger partial charge < -0.3 is 20.5 Å². The lowest BCUT2D eigenvalue weighted by Gasteiger charge is -2.19. The molecule has 0 amide bonds. The predicted octanol–water partition coefficient (Wildman–Crippen LogP) is 1.85. The van der Waals surface area contributed by atoms with Crippen LogP contribution < -0.4 is 5.73 Å². The molecule has 4 aromatic rings. The second-order valence-corrected chi connectivity index (χ2v) is 7.22. The number of hydrogen-bond acceptors (Lipinski definition) is 6. The van der Waals surface area contributed by atoms with Crippen LogP contribution in [-0.2, 0) is 0 Å². The normalized spacial score (nSPS) is 24.8. The van der Waals surface area contributed by atoms with Gasteiger partial charge in [-0.1, -0.05) is 24.3 Å². The molecule has 8 heteroatoms. The number of aliphatic hydroxyl groups excluding tert-OH is 2. The van der Waals surface area contributed by atoms with Gasteiger partial charge in [-0.05, 0) is 23.6 Å². The van der Waals surface area contributed by atoms with E-state index >= 15 is 0 Å². The van der Waals surface area contributed by atoms with Crippen LogP contribution in [0.1, 0.15) is 23.9 Å². The molecule has 1 saturated carbocycles. The highest BCUT2D eigenvalue weighted by atomic mass is 16.3. The summed E-state index contributed by atoms with van der Waals surface area (Å²) < 4.78 is 1.89. The Kier molecular flexibility index (Phi) is 3.88. The Balaban J connectivity index is 1.50. The third-order valence-electron chi connectivity index (χ3n) is 5.70. The Hall–Kier alpha value is -3.23. The number of rotatable bonds is 3. The molecule has 28 heavy (non-hydrogen) atoms. The Bertz CT molecular complexity index is 1120. The van der Waals surface area contributed by atoms with E-state index in [-0.39, 0.29) is 12.0 Å². The summed E-state index contributed by atoms with van der Waals surface area (Å²) in [6, 6.07) is 9.54. The van der Waals surface area contributed by atoms with Gasteiger partial charge in [0.15, 0.2) is 0 Å². The van der Waals surface area contributed by atoms with Crippen LogP contribution in [0.15, 0.2) is 55.2 Å². The Morgan fingerprint density at radius 3 is 2.82 bits per heavy atom. The summed E-state index contributed by atoms with van der Waals surface area (Å²) >= 11 is 0. The number of hydrogen-bond donors (Lipinski definition) is 4. The molecule has 1 aliphatic rings. The van der Waals surface area contributed by atoms with Crippen molar-refractivity contribution in [3.8, 4) is 11.1 Å². The van der Waals surface area contributed by atoms with Gasteiger partial charge in [-0.15, -0.1) is 0 Å². The number of aliphatic hydroxyl groups is 2. The lowest BCUT2D eigenvalue weighted by Crippen LogP contribution is -2.28. The van der Waals surface area contributed by atoms with E-state index in [1.807, 2.05) is 47.3 Å². The van der Waals surface area contributed by atoms with Gasteiger partial charge in [0.25, 0.3) is 0 Å². The van der Waals surface area contributed by atoms with Gasteiger partial charge in [0.1, 0.15) is 23.9 Å². The zero-order valence-corrected chi connectivity index (χ0v) is 15.0. The smallest absolute Gasteiger partial charge is 0.145 e. The molecule has 1 aliphatic carbocycles. The minimum Gasteiger partial charge on any atom is -0.390 e. The monoisotopic (exact) mass is 376 g/mol. The third kappa shape index (κ3) is 2.57. The first-order valence-electron chi connectivity index (χ1n) is 9.16. The molecule has 0 spiro atoms. The van der Waals surface area contributed by atoms with E-state index in [1.165, 1.54) is 6.33 Å². The summed E-state index contributed by atoms with van der Waals surface area (Å²) in [6.45, 7) is 0. The number of H-pyrrole nitrogens is 1. The standard InChI is InChI=1S/C20H20N6O2/c21-19-14-4-5-26(20(14)23-10-22-19)16-7-15(17(27)18(16)28)12-3-1-2-11(6-12)13-8-24-25-9-13/h1-6,8-10,15-18,27-28H,7H2,(H,24,25)(H2,21,22,23)/t15-,16-,17-,18+/m1/s1. The molecule has 5 N–H and O–H groups in total. The maximum Gasteiger partial charge on any atom is 0.145 e. The van der Waals surface area contributed by atoms with Crippen LogP contribution in [0.25, 0.3) is 22.2 Å².